The quantitative estimate of drug-likeness (QED) is 0.159. The molecule has 0 bridgehead atoms. The minimum Gasteiger partial charge on any atom is -0.316 e. The number of nitrogens with zero attached hydrogens (tertiary/aromatic N) is 3. The van der Waals surface area contributed by atoms with Crippen LogP contribution in [-0.4, -0.2) is 9.13 Å². The second-order valence-electron chi connectivity index (χ2n) is 14.7. The standard InChI is InChI=1S/C54H37N3/c1-3-11-38(12-4-1)40-21-28-47(29-22-40)56(49-32-25-39-13-7-8-14-43(39)35-49)48-30-23-42(24-31-48)41-19-26-45(27-20-41)55-34-33-44-36-51-50-17-9-10-18-52(50)57(54(51)37-53(44)55)46-15-5-2-6-16-46/h1-37H. The van der Waals surface area contributed by atoms with Gasteiger partial charge in [0.25, 0.3) is 0 Å². The molecule has 0 aliphatic heterocycles. The van der Waals surface area contributed by atoms with E-state index in [1.165, 1.54) is 65.7 Å². The fourth-order valence-electron chi connectivity index (χ4n) is 8.49. The first-order valence-corrected chi connectivity index (χ1v) is 19.5. The molecule has 0 aliphatic carbocycles. The van der Waals surface area contributed by atoms with Gasteiger partial charge in [0.1, 0.15) is 0 Å². The Labute approximate surface area is 331 Å². The summed E-state index contributed by atoms with van der Waals surface area (Å²) in [5.41, 5.74) is 14.0. The van der Waals surface area contributed by atoms with Crippen LogP contribution in [0.4, 0.5) is 17.1 Å². The van der Waals surface area contributed by atoms with Crippen molar-refractivity contribution in [1.29, 1.82) is 0 Å². The van der Waals surface area contributed by atoms with E-state index in [2.05, 4.69) is 239 Å². The van der Waals surface area contributed by atoms with Crippen molar-refractivity contribution in [2.75, 3.05) is 4.90 Å². The zero-order valence-corrected chi connectivity index (χ0v) is 31.2. The molecule has 3 heteroatoms. The van der Waals surface area contributed by atoms with Gasteiger partial charge in [-0.2, -0.15) is 0 Å². The van der Waals surface area contributed by atoms with Crippen LogP contribution in [0.3, 0.4) is 0 Å². The van der Waals surface area contributed by atoms with Gasteiger partial charge in [0.2, 0.25) is 0 Å². The average molecular weight is 728 g/mol. The van der Waals surface area contributed by atoms with Gasteiger partial charge in [0.15, 0.2) is 0 Å². The molecule has 268 valence electrons. The molecule has 0 saturated carbocycles. The van der Waals surface area contributed by atoms with E-state index in [9.17, 15) is 0 Å². The lowest BCUT2D eigenvalue weighted by Crippen LogP contribution is -2.09. The van der Waals surface area contributed by atoms with Gasteiger partial charge < -0.3 is 14.0 Å². The summed E-state index contributed by atoms with van der Waals surface area (Å²) in [5.74, 6) is 0. The largest absolute Gasteiger partial charge is 0.316 e. The Morgan fingerprint density at radius 1 is 0.298 bits per heavy atom. The molecular weight excluding hydrogens is 691 g/mol. The summed E-state index contributed by atoms with van der Waals surface area (Å²) in [6, 6.07) is 78.9. The third-order valence-electron chi connectivity index (χ3n) is 11.3. The maximum Gasteiger partial charge on any atom is 0.0562 e. The van der Waals surface area contributed by atoms with Gasteiger partial charge in [0.05, 0.1) is 16.6 Å². The maximum absolute atomic E-state index is 2.38. The monoisotopic (exact) mass is 727 g/mol. The third kappa shape index (κ3) is 5.76. The summed E-state index contributed by atoms with van der Waals surface area (Å²) in [7, 11) is 0. The summed E-state index contributed by atoms with van der Waals surface area (Å²) in [4.78, 5) is 2.35. The lowest BCUT2D eigenvalue weighted by Gasteiger charge is -2.26. The van der Waals surface area contributed by atoms with Crippen molar-refractivity contribution in [3.05, 3.63) is 225 Å². The van der Waals surface area contributed by atoms with Crippen molar-refractivity contribution < 1.29 is 0 Å². The molecule has 0 amide bonds. The van der Waals surface area contributed by atoms with Crippen LogP contribution in [0.25, 0.3) is 77.1 Å². The summed E-state index contributed by atoms with van der Waals surface area (Å²) in [6.07, 6.45) is 2.19. The van der Waals surface area contributed by atoms with Crippen LogP contribution in [0.15, 0.2) is 225 Å². The van der Waals surface area contributed by atoms with Crippen molar-refractivity contribution in [2.45, 2.75) is 0 Å². The van der Waals surface area contributed by atoms with E-state index in [1.54, 1.807) is 0 Å². The molecule has 0 spiro atoms. The first kappa shape index (κ1) is 32.8. The minimum absolute atomic E-state index is 1.11. The normalized spacial score (nSPS) is 11.5. The highest BCUT2D eigenvalue weighted by Gasteiger charge is 2.16. The molecule has 0 aliphatic rings. The minimum atomic E-state index is 1.11. The van der Waals surface area contributed by atoms with Gasteiger partial charge >= 0.3 is 0 Å². The number of hydrogen-bond donors (Lipinski definition) is 0. The van der Waals surface area contributed by atoms with Crippen molar-refractivity contribution in [2.24, 2.45) is 0 Å². The predicted molar refractivity (Wildman–Crippen MR) is 241 cm³/mol. The lowest BCUT2D eigenvalue weighted by molar-refractivity contribution is 1.13. The van der Waals surface area contributed by atoms with E-state index in [-0.39, 0.29) is 0 Å². The molecule has 0 radical (unpaired) electrons. The number of benzene rings is 9. The summed E-state index contributed by atoms with van der Waals surface area (Å²) in [6.45, 7) is 0. The Hall–Kier alpha value is -7.62. The van der Waals surface area contributed by atoms with Crippen LogP contribution in [0.2, 0.25) is 0 Å². The molecule has 11 aromatic rings. The number of para-hydroxylation sites is 2. The van der Waals surface area contributed by atoms with E-state index >= 15 is 0 Å². The Balaban J connectivity index is 0.935. The molecule has 2 aromatic heterocycles. The SMILES string of the molecule is c1ccc(-c2ccc(N(c3ccc(-c4ccc(-n5ccc6cc7c8ccccc8n(-c8ccccc8)c7cc65)cc4)cc3)c3ccc4ccccc4c3)cc2)cc1. The van der Waals surface area contributed by atoms with Crippen LogP contribution in [0, 0.1) is 0 Å². The predicted octanol–water partition coefficient (Wildman–Crippen LogP) is 14.7. The van der Waals surface area contributed by atoms with Crippen LogP contribution < -0.4 is 4.90 Å². The van der Waals surface area contributed by atoms with E-state index in [0.29, 0.717) is 0 Å². The summed E-state index contributed by atoms with van der Waals surface area (Å²) >= 11 is 0. The van der Waals surface area contributed by atoms with Crippen LogP contribution in [-0.2, 0) is 0 Å². The first-order chi connectivity index (χ1) is 28.2. The van der Waals surface area contributed by atoms with Crippen molar-refractivity contribution >= 4 is 60.5 Å². The first-order valence-electron chi connectivity index (χ1n) is 19.5. The smallest absolute Gasteiger partial charge is 0.0562 e. The molecule has 0 N–H and O–H groups in total. The number of fused-ring (bicyclic) bond motifs is 5. The summed E-state index contributed by atoms with van der Waals surface area (Å²) in [5, 5.41) is 6.21. The lowest BCUT2D eigenvalue weighted by atomic mass is 10.0. The van der Waals surface area contributed by atoms with E-state index in [4.69, 9.17) is 0 Å². The molecule has 0 fully saturated rings. The van der Waals surface area contributed by atoms with Gasteiger partial charge in [-0.25, -0.2) is 0 Å². The number of hydrogen-bond acceptors (Lipinski definition) is 1. The van der Waals surface area contributed by atoms with Crippen molar-refractivity contribution in [3.8, 4) is 33.6 Å². The van der Waals surface area contributed by atoms with E-state index in [1.807, 2.05) is 0 Å². The molecule has 2 heterocycles. The van der Waals surface area contributed by atoms with Crippen LogP contribution >= 0.6 is 0 Å². The maximum atomic E-state index is 2.38. The van der Waals surface area contributed by atoms with E-state index in [0.717, 1.165) is 28.4 Å². The van der Waals surface area contributed by atoms with Crippen molar-refractivity contribution in [1.82, 2.24) is 9.13 Å². The molecule has 3 nitrogen and oxygen atoms in total. The van der Waals surface area contributed by atoms with Gasteiger partial charge in [-0.05, 0) is 118 Å². The Kier molecular flexibility index (Phi) is 7.82. The molecule has 0 unspecified atom stereocenters. The van der Waals surface area contributed by atoms with Gasteiger partial charge in [0, 0.05) is 50.8 Å². The highest BCUT2D eigenvalue weighted by atomic mass is 15.1. The molecule has 11 rings (SSSR count). The topological polar surface area (TPSA) is 13.1 Å². The third-order valence-corrected chi connectivity index (χ3v) is 11.3. The average Bonchev–Trinajstić information content (AvgIpc) is 3.85. The fraction of sp³-hybridized carbons (Fsp3) is 0. The molecule has 0 atom stereocenters. The zero-order chi connectivity index (χ0) is 37.7. The second kappa shape index (κ2) is 13.6. The summed E-state index contributed by atoms with van der Waals surface area (Å²) < 4.78 is 4.69. The molecular formula is C54H37N3. The van der Waals surface area contributed by atoms with Crippen LogP contribution in [0.5, 0.6) is 0 Å². The Bertz CT molecular complexity index is 3190. The molecule has 57 heavy (non-hydrogen) atoms. The Morgan fingerprint density at radius 3 is 1.56 bits per heavy atom. The fourth-order valence-corrected chi connectivity index (χ4v) is 8.49. The number of anilines is 3. The van der Waals surface area contributed by atoms with Crippen molar-refractivity contribution in [3.63, 3.8) is 0 Å². The highest BCUT2D eigenvalue weighted by molar-refractivity contribution is 6.13. The number of rotatable bonds is 7. The highest BCUT2D eigenvalue weighted by Crippen LogP contribution is 2.39. The second-order valence-corrected chi connectivity index (χ2v) is 14.7. The molecule has 0 saturated heterocycles. The van der Waals surface area contributed by atoms with Gasteiger partial charge in [-0.15, -0.1) is 0 Å². The van der Waals surface area contributed by atoms with Crippen LogP contribution in [0.1, 0.15) is 0 Å². The van der Waals surface area contributed by atoms with E-state index < -0.39 is 0 Å². The zero-order valence-electron chi connectivity index (χ0n) is 31.2. The van der Waals surface area contributed by atoms with Gasteiger partial charge in [-0.3, -0.25) is 0 Å². The van der Waals surface area contributed by atoms with Gasteiger partial charge in [-0.1, -0.05) is 133 Å². The molecule has 9 aromatic carbocycles. The number of aromatic nitrogens is 2. The Morgan fingerprint density at radius 2 is 0.860 bits per heavy atom.